The molecule has 0 radical (unpaired) electrons. The average Bonchev–Trinajstić information content (AvgIpc) is 2.66. The molecule has 0 aromatic heterocycles. The molecule has 1 amide bonds. The molecule has 2 rings (SSSR count). The predicted octanol–water partition coefficient (Wildman–Crippen LogP) is 2.86. The maximum absolute atomic E-state index is 13.6. The second-order valence-corrected chi connectivity index (χ2v) is 7.97. The van der Waals surface area contributed by atoms with Crippen molar-refractivity contribution in [3.63, 3.8) is 0 Å². The highest BCUT2D eigenvalue weighted by Crippen LogP contribution is 2.27. The molecular weight excluding hydrogens is 390 g/mol. The number of nitrogens with zero attached hydrogens (tertiary/aromatic N) is 1. The van der Waals surface area contributed by atoms with Crippen molar-refractivity contribution in [1.29, 1.82) is 0 Å². The molecule has 0 spiro atoms. The Bertz CT molecular complexity index is 933. The van der Waals surface area contributed by atoms with Crippen molar-refractivity contribution in [3.05, 3.63) is 59.7 Å². The van der Waals surface area contributed by atoms with E-state index in [-0.39, 0.29) is 17.2 Å². The highest BCUT2D eigenvalue weighted by atomic mass is 32.2. The summed E-state index contributed by atoms with van der Waals surface area (Å²) in [6, 6.07) is 8.33. The lowest BCUT2D eigenvalue weighted by Crippen LogP contribution is -2.41. The van der Waals surface area contributed by atoms with Gasteiger partial charge >= 0.3 is 0 Å². The molecule has 0 saturated carbocycles. The summed E-state index contributed by atoms with van der Waals surface area (Å²) in [4.78, 5) is 12.0. The van der Waals surface area contributed by atoms with Crippen LogP contribution in [0.3, 0.4) is 0 Å². The molecular formula is C19H22F2N2O4S. The maximum atomic E-state index is 13.6. The molecule has 6 nitrogen and oxygen atoms in total. The Balaban J connectivity index is 2.17. The molecule has 1 N–H and O–H groups in total. The summed E-state index contributed by atoms with van der Waals surface area (Å²) in [5, 5.41) is 2.67. The van der Waals surface area contributed by atoms with Crippen LogP contribution in [0, 0.1) is 11.6 Å². The first-order chi connectivity index (χ1) is 13.2. The van der Waals surface area contributed by atoms with E-state index in [0.29, 0.717) is 5.56 Å². The summed E-state index contributed by atoms with van der Waals surface area (Å²) in [7, 11) is -2.88. The Morgan fingerprint density at radius 2 is 1.75 bits per heavy atom. The Morgan fingerprint density at radius 3 is 2.32 bits per heavy atom. The van der Waals surface area contributed by atoms with Crippen molar-refractivity contribution in [1.82, 2.24) is 9.62 Å². The monoisotopic (exact) mass is 412 g/mol. The first-order valence-electron chi connectivity index (χ1n) is 8.57. The largest absolute Gasteiger partial charge is 0.495 e. The Kier molecular flexibility index (Phi) is 7.09. The fraction of sp³-hybridized carbons (Fsp3) is 0.316. The quantitative estimate of drug-likeness (QED) is 0.724. The molecule has 0 heterocycles. The summed E-state index contributed by atoms with van der Waals surface area (Å²) in [6.07, 6.45) is 0. The molecule has 152 valence electrons. The molecule has 9 heteroatoms. The van der Waals surface area contributed by atoms with Gasteiger partial charge in [0.1, 0.15) is 22.3 Å². The predicted molar refractivity (Wildman–Crippen MR) is 100 cm³/mol. The van der Waals surface area contributed by atoms with Gasteiger partial charge in [0.15, 0.2) is 0 Å². The van der Waals surface area contributed by atoms with Gasteiger partial charge in [0.25, 0.3) is 0 Å². The van der Waals surface area contributed by atoms with E-state index in [1.807, 2.05) is 0 Å². The fourth-order valence-electron chi connectivity index (χ4n) is 2.64. The van der Waals surface area contributed by atoms with E-state index in [1.54, 1.807) is 13.8 Å². The van der Waals surface area contributed by atoms with Crippen molar-refractivity contribution >= 4 is 15.9 Å². The number of hydrogen-bond acceptors (Lipinski definition) is 4. The topological polar surface area (TPSA) is 75.7 Å². The molecule has 0 aliphatic heterocycles. The van der Waals surface area contributed by atoms with Crippen molar-refractivity contribution < 1.29 is 26.7 Å². The third-order valence-electron chi connectivity index (χ3n) is 4.16. The van der Waals surface area contributed by atoms with E-state index in [0.717, 1.165) is 16.4 Å². The third-order valence-corrected chi connectivity index (χ3v) is 6.11. The highest BCUT2D eigenvalue weighted by molar-refractivity contribution is 7.89. The van der Waals surface area contributed by atoms with Crippen LogP contribution in [-0.2, 0) is 14.8 Å². The first-order valence-corrected chi connectivity index (χ1v) is 10.0. The van der Waals surface area contributed by atoms with Gasteiger partial charge in [0, 0.05) is 6.54 Å². The molecule has 0 bridgehead atoms. The highest BCUT2D eigenvalue weighted by Gasteiger charge is 2.29. The molecule has 0 saturated heterocycles. The van der Waals surface area contributed by atoms with Gasteiger partial charge in [0.2, 0.25) is 15.9 Å². The minimum Gasteiger partial charge on any atom is -0.495 e. The number of likely N-dealkylation sites (N-methyl/N-ethyl adjacent to an activating group) is 1. The molecule has 28 heavy (non-hydrogen) atoms. The standard InChI is InChI=1S/C19H22F2N2O4S/c1-4-23(28(25,26)18-11-16(21)9-10-17(18)27-3)12-19(24)22-13(2)14-5-7-15(20)8-6-14/h5-11,13H,4,12H2,1-3H3,(H,22,24)/t13-/m0/s1. The normalized spacial score (nSPS) is 12.6. The summed E-state index contributed by atoms with van der Waals surface area (Å²) in [6.45, 7) is 2.82. The van der Waals surface area contributed by atoms with Gasteiger partial charge in [-0.15, -0.1) is 0 Å². The lowest BCUT2D eigenvalue weighted by molar-refractivity contribution is -0.121. The van der Waals surface area contributed by atoms with Crippen LogP contribution in [0.25, 0.3) is 0 Å². The average molecular weight is 412 g/mol. The first kappa shape index (κ1) is 21.8. The fourth-order valence-corrected chi connectivity index (χ4v) is 4.21. The SMILES string of the molecule is CCN(CC(=O)N[C@@H](C)c1ccc(F)cc1)S(=O)(=O)c1cc(F)ccc1OC. The minimum atomic E-state index is -4.16. The number of ether oxygens (including phenoxy) is 1. The summed E-state index contributed by atoms with van der Waals surface area (Å²) in [5.74, 6) is -1.68. The molecule has 0 aliphatic rings. The van der Waals surface area contributed by atoms with Crippen molar-refractivity contribution in [3.8, 4) is 5.75 Å². The summed E-state index contributed by atoms with van der Waals surface area (Å²) in [5.41, 5.74) is 0.674. The number of methoxy groups -OCH3 is 1. The zero-order valence-corrected chi connectivity index (χ0v) is 16.6. The van der Waals surface area contributed by atoms with Crippen LogP contribution in [0.5, 0.6) is 5.75 Å². The number of carbonyl (C=O) groups excluding carboxylic acids is 1. The molecule has 0 unspecified atom stereocenters. The van der Waals surface area contributed by atoms with Gasteiger partial charge in [0.05, 0.1) is 19.7 Å². The number of rotatable bonds is 8. The van der Waals surface area contributed by atoms with E-state index in [2.05, 4.69) is 5.32 Å². The number of sulfonamides is 1. The molecule has 0 fully saturated rings. The molecule has 2 aromatic carbocycles. The lowest BCUT2D eigenvalue weighted by Gasteiger charge is -2.22. The molecule has 0 aliphatic carbocycles. The number of carbonyl (C=O) groups is 1. The van der Waals surface area contributed by atoms with Crippen LogP contribution in [0.2, 0.25) is 0 Å². The van der Waals surface area contributed by atoms with Gasteiger partial charge in [-0.2, -0.15) is 4.31 Å². The van der Waals surface area contributed by atoms with Gasteiger partial charge in [-0.05, 0) is 42.8 Å². The van der Waals surface area contributed by atoms with E-state index < -0.39 is 40.2 Å². The number of hydrogen-bond donors (Lipinski definition) is 1. The second-order valence-electron chi connectivity index (χ2n) is 6.07. The van der Waals surface area contributed by atoms with E-state index in [4.69, 9.17) is 4.74 Å². The Morgan fingerprint density at radius 1 is 1.14 bits per heavy atom. The minimum absolute atomic E-state index is 0.000347. The lowest BCUT2D eigenvalue weighted by atomic mass is 10.1. The van der Waals surface area contributed by atoms with Crippen molar-refractivity contribution in [2.24, 2.45) is 0 Å². The number of nitrogens with one attached hydrogen (secondary N) is 1. The van der Waals surface area contributed by atoms with Crippen LogP contribution in [0.1, 0.15) is 25.5 Å². The van der Waals surface area contributed by atoms with Gasteiger partial charge in [-0.3, -0.25) is 4.79 Å². The third kappa shape index (κ3) is 5.05. The Hall–Kier alpha value is -2.52. The number of halogens is 2. The van der Waals surface area contributed by atoms with E-state index in [9.17, 15) is 22.0 Å². The van der Waals surface area contributed by atoms with Gasteiger partial charge < -0.3 is 10.1 Å². The number of benzene rings is 2. The van der Waals surface area contributed by atoms with Crippen molar-refractivity contribution in [2.75, 3.05) is 20.2 Å². The second kappa shape index (κ2) is 9.11. The maximum Gasteiger partial charge on any atom is 0.247 e. The van der Waals surface area contributed by atoms with Crippen LogP contribution in [-0.4, -0.2) is 38.8 Å². The van der Waals surface area contributed by atoms with Crippen LogP contribution in [0.15, 0.2) is 47.4 Å². The summed E-state index contributed by atoms with van der Waals surface area (Å²) >= 11 is 0. The Labute approximate surface area is 163 Å². The molecule has 2 aromatic rings. The van der Waals surface area contributed by atoms with E-state index >= 15 is 0 Å². The van der Waals surface area contributed by atoms with Gasteiger partial charge in [-0.1, -0.05) is 19.1 Å². The van der Waals surface area contributed by atoms with Gasteiger partial charge in [-0.25, -0.2) is 17.2 Å². The van der Waals surface area contributed by atoms with Crippen LogP contribution in [0.4, 0.5) is 8.78 Å². The zero-order valence-electron chi connectivity index (χ0n) is 15.8. The smallest absolute Gasteiger partial charge is 0.247 e. The summed E-state index contributed by atoms with van der Waals surface area (Å²) < 4.78 is 58.3. The van der Waals surface area contributed by atoms with E-state index in [1.165, 1.54) is 37.4 Å². The van der Waals surface area contributed by atoms with Crippen molar-refractivity contribution in [2.45, 2.75) is 24.8 Å². The zero-order chi connectivity index (χ0) is 20.9. The molecule has 1 atom stereocenters. The number of amides is 1. The van der Waals surface area contributed by atoms with Crippen LogP contribution >= 0.6 is 0 Å². The van der Waals surface area contributed by atoms with Crippen LogP contribution < -0.4 is 10.1 Å².